The summed E-state index contributed by atoms with van der Waals surface area (Å²) in [6.07, 6.45) is 4.28. The Labute approximate surface area is 127 Å². The van der Waals surface area contributed by atoms with Crippen LogP contribution < -0.4 is 5.73 Å². The van der Waals surface area contributed by atoms with Gasteiger partial charge in [0.25, 0.3) is 0 Å². The Morgan fingerprint density at radius 2 is 2.14 bits per heavy atom. The van der Waals surface area contributed by atoms with E-state index in [9.17, 15) is 9.59 Å². The Morgan fingerprint density at radius 3 is 2.76 bits per heavy atom. The second-order valence-electron chi connectivity index (χ2n) is 4.94. The Morgan fingerprint density at radius 1 is 1.43 bits per heavy atom. The van der Waals surface area contributed by atoms with E-state index in [0.29, 0.717) is 4.88 Å². The highest BCUT2D eigenvalue weighted by atomic mass is 32.1. The van der Waals surface area contributed by atoms with Crippen LogP contribution in [0.2, 0.25) is 0 Å². The first kappa shape index (κ1) is 15.3. The molecule has 0 amide bonds. The van der Waals surface area contributed by atoms with Crippen molar-refractivity contribution >= 4 is 23.1 Å². The number of aryl methyl sites for hydroxylation is 2. The summed E-state index contributed by atoms with van der Waals surface area (Å²) in [5.41, 5.74) is 6.61. The number of ether oxygens (including phenoxy) is 1. The number of nitriles is 1. The zero-order valence-electron chi connectivity index (χ0n) is 11.8. The van der Waals surface area contributed by atoms with Crippen LogP contribution in [-0.4, -0.2) is 18.4 Å². The molecule has 1 aromatic rings. The minimum Gasteiger partial charge on any atom is -0.453 e. The number of carbonyl (C=O) groups excluding carboxylic acids is 2. The number of nitrogens with two attached hydrogens (primary N) is 1. The third-order valence-electron chi connectivity index (χ3n) is 3.32. The van der Waals surface area contributed by atoms with Crippen LogP contribution in [0.15, 0.2) is 17.3 Å². The number of nitrogens with zero attached hydrogens (tertiary/aromatic N) is 1. The third-order valence-corrected chi connectivity index (χ3v) is 4.53. The molecule has 110 valence electrons. The summed E-state index contributed by atoms with van der Waals surface area (Å²) in [5, 5.41) is 8.81. The Bertz CT molecular complexity index is 625. The Kier molecular flexibility index (Phi) is 4.76. The zero-order valence-corrected chi connectivity index (χ0v) is 12.6. The summed E-state index contributed by atoms with van der Waals surface area (Å²) < 4.78 is 4.98. The van der Waals surface area contributed by atoms with Gasteiger partial charge < -0.3 is 10.5 Å². The van der Waals surface area contributed by atoms with Gasteiger partial charge in [0.05, 0.1) is 0 Å². The molecule has 0 aliphatic heterocycles. The van der Waals surface area contributed by atoms with Crippen molar-refractivity contribution in [2.45, 2.75) is 32.6 Å². The molecule has 1 aromatic heterocycles. The molecule has 0 atom stereocenters. The maximum atomic E-state index is 12.0. The number of carbonyl (C=O) groups is 2. The molecule has 21 heavy (non-hydrogen) atoms. The average molecular weight is 304 g/mol. The molecule has 1 heterocycles. The first-order valence-corrected chi connectivity index (χ1v) is 7.53. The van der Waals surface area contributed by atoms with Gasteiger partial charge in [0, 0.05) is 10.6 Å². The summed E-state index contributed by atoms with van der Waals surface area (Å²) >= 11 is 1.43. The van der Waals surface area contributed by atoms with E-state index in [2.05, 4.69) is 0 Å². The van der Waals surface area contributed by atoms with E-state index < -0.39 is 18.4 Å². The third kappa shape index (κ3) is 3.50. The van der Waals surface area contributed by atoms with Crippen molar-refractivity contribution in [2.75, 3.05) is 6.61 Å². The first-order chi connectivity index (χ1) is 10.0. The molecule has 0 bridgehead atoms. The number of allylic oxidation sites excluding steroid dienone is 1. The minimum absolute atomic E-state index is 0.130. The van der Waals surface area contributed by atoms with E-state index >= 15 is 0 Å². The van der Waals surface area contributed by atoms with Crippen LogP contribution in [0.1, 0.15) is 39.9 Å². The van der Waals surface area contributed by atoms with E-state index in [1.54, 1.807) is 6.07 Å². The van der Waals surface area contributed by atoms with E-state index in [4.69, 9.17) is 15.7 Å². The Hall–Kier alpha value is -2.13. The fourth-order valence-corrected chi connectivity index (χ4v) is 3.38. The highest BCUT2D eigenvalue weighted by Crippen LogP contribution is 2.30. The van der Waals surface area contributed by atoms with Crippen LogP contribution in [0.4, 0.5) is 0 Å². The summed E-state index contributed by atoms with van der Waals surface area (Å²) in [6.45, 7) is 1.00. The van der Waals surface area contributed by atoms with E-state index in [0.717, 1.165) is 25.7 Å². The standard InChI is InChI=1S/C15H16N2O3S/c1-9(17)11(7-16)12(18)8-20-15(19)14-6-10-4-2-3-5-13(10)21-14/h6H,2-5,8,17H2,1H3. The lowest BCUT2D eigenvalue weighted by Crippen LogP contribution is -2.17. The maximum absolute atomic E-state index is 12.0. The molecule has 6 heteroatoms. The Balaban J connectivity index is 1.99. The van der Waals surface area contributed by atoms with Gasteiger partial charge in [-0.25, -0.2) is 4.79 Å². The van der Waals surface area contributed by atoms with Crippen LogP contribution >= 0.6 is 11.3 Å². The van der Waals surface area contributed by atoms with Crippen molar-refractivity contribution in [3.8, 4) is 6.07 Å². The smallest absolute Gasteiger partial charge is 0.348 e. The molecule has 2 rings (SSSR count). The molecule has 2 N–H and O–H groups in total. The monoisotopic (exact) mass is 304 g/mol. The van der Waals surface area contributed by atoms with Crippen molar-refractivity contribution < 1.29 is 14.3 Å². The zero-order chi connectivity index (χ0) is 15.4. The van der Waals surface area contributed by atoms with Gasteiger partial charge in [-0.05, 0) is 44.2 Å². The summed E-state index contributed by atoms with van der Waals surface area (Å²) in [4.78, 5) is 25.4. The SMILES string of the molecule is CC(N)=C(C#N)C(=O)COC(=O)c1cc2c(s1)CCCC2. The van der Waals surface area contributed by atoms with Gasteiger partial charge >= 0.3 is 5.97 Å². The quantitative estimate of drug-likeness (QED) is 0.522. The molecule has 0 radical (unpaired) electrons. The van der Waals surface area contributed by atoms with Crippen molar-refractivity contribution in [2.24, 2.45) is 5.73 Å². The molecule has 0 spiro atoms. The van der Waals surface area contributed by atoms with Crippen LogP contribution in [0.5, 0.6) is 0 Å². The maximum Gasteiger partial charge on any atom is 0.348 e. The fourth-order valence-electron chi connectivity index (χ4n) is 2.24. The van der Waals surface area contributed by atoms with Gasteiger partial charge in [-0.3, -0.25) is 4.79 Å². The molecule has 1 aliphatic carbocycles. The van der Waals surface area contributed by atoms with Crippen molar-refractivity contribution in [1.29, 1.82) is 5.26 Å². The largest absolute Gasteiger partial charge is 0.453 e. The summed E-state index contributed by atoms with van der Waals surface area (Å²) in [5.74, 6) is -1.10. The van der Waals surface area contributed by atoms with Crippen LogP contribution in [0, 0.1) is 11.3 Å². The van der Waals surface area contributed by atoms with Gasteiger partial charge in [0.2, 0.25) is 5.78 Å². The van der Waals surface area contributed by atoms with Gasteiger partial charge in [0.1, 0.15) is 16.5 Å². The fraction of sp³-hybridized carbons (Fsp3) is 0.400. The highest BCUT2D eigenvalue weighted by molar-refractivity contribution is 7.14. The number of fused-ring (bicyclic) bond motifs is 1. The molecule has 5 nitrogen and oxygen atoms in total. The predicted octanol–water partition coefficient (Wildman–Crippen LogP) is 2.11. The number of esters is 1. The van der Waals surface area contributed by atoms with Gasteiger partial charge in [0.15, 0.2) is 6.61 Å². The molecule has 0 aromatic carbocycles. The predicted molar refractivity (Wildman–Crippen MR) is 78.8 cm³/mol. The van der Waals surface area contributed by atoms with Crippen LogP contribution in [0.3, 0.4) is 0 Å². The van der Waals surface area contributed by atoms with Crippen molar-refractivity contribution in [3.05, 3.63) is 32.7 Å². The number of ketones is 1. The van der Waals surface area contributed by atoms with Crippen molar-refractivity contribution in [1.82, 2.24) is 0 Å². The number of hydrogen-bond donors (Lipinski definition) is 1. The molecule has 0 saturated carbocycles. The molecule has 0 saturated heterocycles. The van der Waals surface area contributed by atoms with Gasteiger partial charge in [-0.15, -0.1) is 11.3 Å². The van der Waals surface area contributed by atoms with E-state index in [1.165, 1.54) is 28.7 Å². The molecule has 1 aliphatic rings. The average Bonchev–Trinajstić information content (AvgIpc) is 2.89. The summed E-state index contributed by atoms with van der Waals surface area (Å²) in [6, 6.07) is 3.57. The highest BCUT2D eigenvalue weighted by Gasteiger charge is 2.20. The lowest BCUT2D eigenvalue weighted by molar-refractivity contribution is -0.118. The van der Waals surface area contributed by atoms with Crippen LogP contribution in [0.25, 0.3) is 0 Å². The normalized spacial score (nSPS) is 14.7. The van der Waals surface area contributed by atoms with E-state index in [-0.39, 0.29) is 11.3 Å². The van der Waals surface area contributed by atoms with Gasteiger partial charge in [-0.2, -0.15) is 5.26 Å². The summed E-state index contributed by atoms with van der Waals surface area (Å²) in [7, 11) is 0. The molecule has 0 unspecified atom stereocenters. The first-order valence-electron chi connectivity index (χ1n) is 6.71. The van der Waals surface area contributed by atoms with Gasteiger partial charge in [-0.1, -0.05) is 0 Å². The number of thiophene rings is 1. The van der Waals surface area contributed by atoms with Crippen molar-refractivity contribution in [3.63, 3.8) is 0 Å². The number of Topliss-reactive ketones (excluding diaryl/α,β-unsaturated/α-hetero) is 1. The number of hydrogen-bond acceptors (Lipinski definition) is 6. The topological polar surface area (TPSA) is 93.2 Å². The number of rotatable bonds is 4. The second kappa shape index (κ2) is 6.55. The molecule has 0 fully saturated rings. The second-order valence-corrected chi connectivity index (χ2v) is 6.07. The molecular weight excluding hydrogens is 288 g/mol. The minimum atomic E-state index is -0.577. The molecular formula is C15H16N2O3S. The lowest BCUT2D eigenvalue weighted by atomic mass is 9.99. The lowest BCUT2D eigenvalue weighted by Gasteiger charge is -2.08. The van der Waals surface area contributed by atoms with Crippen LogP contribution in [-0.2, 0) is 22.4 Å². The van der Waals surface area contributed by atoms with E-state index in [1.807, 2.05) is 6.07 Å².